The molecule has 0 aliphatic carbocycles. The maximum atomic E-state index is 12.7. The Balaban J connectivity index is 1.81. The Bertz CT molecular complexity index is 691. The molecule has 0 unspecified atom stereocenters. The number of hydrogen-bond acceptors (Lipinski definition) is 2. The summed E-state index contributed by atoms with van der Waals surface area (Å²) in [6, 6.07) is 17.5. The summed E-state index contributed by atoms with van der Waals surface area (Å²) in [4.78, 5) is 26.3. The van der Waals surface area contributed by atoms with Crippen molar-refractivity contribution in [1.82, 2.24) is 4.90 Å². The first-order chi connectivity index (χ1) is 11.2. The Labute approximate surface area is 136 Å². The summed E-state index contributed by atoms with van der Waals surface area (Å²) in [5.74, 6) is 0.0449. The molecule has 3 nitrogen and oxygen atoms in total. The first kappa shape index (κ1) is 15.5. The number of amides is 1. The van der Waals surface area contributed by atoms with Crippen molar-refractivity contribution in [3.63, 3.8) is 0 Å². The number of likely N-dealkylation sites (tertiary alicyclic amines) is 1. The zero-order chi connectivity index (χ0) is 16.2. The van der Waals surface area contributed by atoms with Crippen molar-refractivity contribution in [2.24, 2.45) is 0 Å². The molecule has 3 heteroatoms. The molecule has 118 valence electrons. The van der Waals surface area contributed by atoms with E-state index in [2.05, 4.69) is 0 Å². The number of piperidine rings is 1. The Morgan fingerprint density at radius 1 is 0.913 bits per heavy atom. The molecule has 0 bridgehead atoms. The Kier molecular flexibility index (Phi) is 4.56. The van der Waals surface area contributed by atoms with Crippen molar-refractivity contribution in [2.45, 2.75) is 32.2 Å². The van der Waals surface area contributed by atoms with Gasteiger partial charge < -0.3 is 4.90 Å². The minimum Gasteiger partial charge on any atom is -0.329 e. The second-order valence-corrected chi connectivity index (χ2v) is 6.06. The van der Waals surface area contributed by atoms with Crippen LogP contribution < -0.4 is 0 Å². The van der Waals surface area contributed by atoms with E-state index in [-0.39, 0.29) is 17.7 Å². The van der Waals surface area contributed by atoms with Crippen LogP contribution in [0.2, 0.25) is 0 Å². The molecule has 2 aromatic rings. The summed E-state index contributed by atoms with van der Waals surface area (Å²) in [6.07, 6.45) is 2.77. The van der Waals surface area contributed by atoms with Gasteiger partial charge in [-0.25, -0.2) is 0 Å². The number of carbonyl (C=O) groups is 2. The summed E-state index contributed by atoms with van der Waals surface area (Å²) in [5.41, 5.74) is 2.87. The van der Waals surface area contributed by atoms with E-state index in [1.165, 1.54) is 0 Å². The van der Waals surface area contributed by atoms with E-state index in [4.69, 9.17) is 0 Å². The van der Waals surface area contributed by atoms with Crippen LogP contribution in [0.1, 0.15) is 36.5 Å². The van der Waals surface area contributed by atoms with Gasteiger partial charge in [0.2, 0.25) is 0 Å². The molecule has 1 aliphatic rings. The molecule has 3 rings (SSSR count). The fourth-order valence-corrected chi connectivity index (χ4v) is 3.20. The highest BCUT2D eigenvalue weighted by atomic mass is 16.2. The number of rotatable bonds is 3. The van der Waals surface area contributed by atoms with Gasteiger partial charge in [0.05, 0.1) is 6.04 Å². The van der Waals surface area contributed by atoms with Crippen LogP contribution in [0.4, 0.5) is 0 Å². The number of ketones is 1. The maximum absolute atomic E-state index is 12.7. The molecule has 0 aromatic heterocycles. The molecule has 1 fully saturated rings. The van der Waals surface area contributed by atoms with Crippen LogP contribution in [-0.2, 0) is 4.79 Å². The van der Waals surface area contributed by atoms with Crippen molar-refractivity contribution in [2.75, 3.05) is 6.54 Å². The average Bonchev–Trinajstić information content (AvgIpc) is 2.62. The summed E-state index contributed by atoms with van der Waals surface area (Å²) < 4.78 is 0. The average molecular weight is 307 g/mol. The molecule has 1 saturated heterocycles. The van der Waals surface area contributed by atoms with Gasteiger partial charge in [-0.15, -0.1) is 0 Å². The summed E-state index contributed by atoms with van der Waals surface area (Å²) in [7, 11) is 0. The lowest BCUT2D eigenvalue weighted by molar-refractivity contribution is -0.122. The minimum atomic E-state index is -0.259. The fraction of sp³-hybridized carbons (Fsp3) is 0.300. The highest BCUT2D eigenvalue weighted by Crippen LogP contribution is 2.23. The molecule has 1 amide bonds. The van der Waals surface area contributed by atoms with Gasteiger partial charge in [0.1, 0.15) is 0 Å². The van der Waals surface area contributed by atoms with E-state index in [1.54, 1.807) is 11.8 Å². The number of Topliss-reactive ketones (excluding diaryl/α,β-unsaturated/α-hetero) is 1. The van der Waals surface area contributed by atoms with Crippen molar-refractivity contribution in [3.05, 3.63) is 60.2 Å². The number of nitrogens with zero attached hydrogens (tertiary/aromatic N) is 1. The molecule has 0 spiro atoms. The SMILES string of the molecule is CC(=O)[C@H]1CCCCN1C(=O)c1ccc(-c2ccccc2)cc1. The standard InChI is InChI=1S/C20H21NO2/c1-15(22)19-9-5-6-14-21(19)20(23)18-12-10-17(11-13-18)16-7-3-2-4-8-16/h2-4,7-8,10-13,19H,5-6,9,14H2,1H3/t19-/m1/s1. The molecule has 2 aromatic carbocycles. The van der Waals surface area contributed by atoms with Crippen LogP contribution in [0, 0.1) is 0 Å². The molecule has 1 aliphatic heterocycles. The Hall–Kier alpha value is -2.42. The van der Waals surface area contributed by atoms with Gasteiger partial charge in [-0.1, -0.05) is 42.5 Å². The fourth-order valence-electron chi connectivity index (χ4n) is 3.20. The van der Waals surface area contributed by atoms with Crippen LogP contribution in [0.5, 0.6) is 0 Å². The van der Waals surface area contributed by atoms with Crippen molar-refractivity contribution in [3.8, 4) is 11.1 Å². The van der Waals surface area contributed by atoms with Crippen LogP contribution in [0.3, 0.4) is 0 Å². The summed E-state index contributed by atoms with van der Waals surface area (Å²) in [5, 5.41) is 0. The molecular weight excluding hydrogens is 286 g/mol. The number of hydrogen-bond donors (Lipinski definition) is 0. The van der Waals surface area contributed by atoms with Crippen LogP contribution in [0.15, 0.2) is 54.6 Å². The molecule has 23 heavy (non-hydrogen) atoms. The summed E-state index contributed by atoms with van der Waals surface area (Å²) in [6.45, 7) is 2.25. The van der Waals surface area contributed by atoms with Crippen molar-refractivity contribution < 1.29 is 9.59 Å². The molecule has 0 radical (unpaired) electrons. The quantitative estimate of drug-likeness (QED) is 0.861. The second kappa shape index (κ2) is 6.78. The van der Waals surface area contributed by atoms with Gasteiger partial charge in [0.25, 0.3) is 5.91 Å². The molecule has 0 N–H and O–H groups in total. The van der Waals surface area contributed by atoms with E-state index < -0.39 is 0 Å². The largest absolute Gasteiger partial charge is 0.329 e. The Morgan fingerprint density at radius 2 is 1.57 bits per heavy atom. The lowest BCUT2D eigenvalue weighted by Crippen LogP contribution is -2.47. The predicted octanol–water partition coefficient (Wildman–Crippen LogP) is 3.94. The topological polar surface area (TPSA) is 37.4 Å². The molecule has 0 saturated carbocycles. The molecule has 1 atom stereocenters. The summed E-state index contributed by atoms with van der Waals surface area (Å²) >= 11 is 0. The Morgan fingerprint density at radius 3 is 2.22 bits per heavy atom. The lowest BCUT2D eigenvalue weighted by atomic mass is 9.97. The maximum Gasteiger partial charge on any atom is 0.254 e. The molecule has 1 heterocycles. The van der Waals surface area contributed by atoms with Crippen LogP contribution in [0.25, 0.3) is 11.1 Å². The van der Waals surface area contributed by atoms with Crippen LogP contribution >= 0.6 is 0 Å². The van der Waals surface area contributed by atoms with Gasteiger partial charge in [-0.2, -0.15) is 0 Å². The highest BCUT2D eigenvalue weighted by Gasteiger charge is 2.30. The number of carbonyl (C=O) groups excluding carboxylic acids is 2. The smallest absolute Gasteiger partial charge is 0.254 e. The van der Waals surface area contributed by atoms with Crippen molar-refractivity contribution in [1.29, 1.82) is 0 Å². The minimum absolute atomic E-state index is 0.0375. The lowest BCUT2D eigenvalue weighted by Gasteiger charge is -2.34. The zero-order valence-electron chi connectivity index (χ0n) is 13.4. The van der Waals surface area contributed by atoms with E-state index in [0.29, 0.717) is 12.1 Å². The van der Waals surface area contributed by atoms with E-state index in [1.807, 2.05) is 54.6 Å². The van der Waals surface area contributed by atoms with Crippen molar-refractivity contribution >= 4 is 11.7 Å². The van der Waals surface area contributed by atoms with Gasteiger partial charge in [-0.3, -0.25) is 9.59 Å². The highest BCUT2D eigenvalue weighted by molar-refractivity contribution is 5.98. The van der Waals surface area contributed by atoms with Gasteiger partial charge in [0.15, 0.2) is 5.78 Å². The van der Waals surface area contributed by atoms with E-state index in [0.717, 1.165) is 30.4 Å². The van der Waals surface area contributed by atoms with Crippen LogP contribution in [-0.4, -0.2) is 29.2 Å². The normalized spacial score (nSPS) is 17.8. The molecular formula is C20H21NO2. The van der Waals surface area contributed by atoms with E-state index in [9.17, 15) is 9.59 Å². The first-order valence-corrected chi connectivity index (χ1v) is 8.14. The second-order valence-electron chi connectivity index (χ2n) is 6.06. The van der Waals surface area contributed by atoms with Gasteiger partial charge in [-0.05, 0) is 49.4 Å². The number of benzene rings is 2. The third-order valence-corrected chi connectivity index (χ3v) is 4.47. The van der Waals surface area contributed by atoms with E-state index >= 15 is 0 Å². The third kappa shape index (κ3) is 3.34. The monoisotopic (exact) mass is 307 g/mol. The zero-order valence-corrected chi connectivity index (χ0v) is 13.4. The predicted molar refractivity (Wildman–Crippen MR) is 91.2 cm³/mol. The first-order valence-electron chi connectivity index (χ1n) is 8.14. The van der Waals surface area contributed by atoms with Gasteiger partial charge in [0, 0.05) is 12.1 Å². The van der Waals surface area contributed by atoms with Gasteiger partial charge >= 0.3 is 0 Å². The third-order valence-electron chi connectivity index (χ3n) is 4.47.